The van der Waals surface area contributed by atoms with Gasteiger partial charge in [0.25, 0.3) is 0 Å². The van der Waals surface area contributed by atoms with Gasteiger partial charge in [-0.3, -0.25) is 4.79 Å². The van der Waals surface area contributed by atoms with Crippen molar-refractivity contribution in [1.82, 2.24) is 5.32 Å². The molecule has 0 bridgehead atoms. The quantitative estimate of drug-likeness (QED) is 0.831. The summed E-state index contributed by atoms with van der Waals surface area (Å²) in [7, 11) is 1.32. The first-order valence-corrected chi connectivity index (χ1v) is 6.87. The van der Waals surface area contributed by atoms with Crippen LogP contribution in [0.5, 0.6) is 0 Å². The van der Waals surface area contributed by atoms with Crippen LogP contribution in [0.4, 0.5) is 4.79 Å². The van der Waals surface area contributed by atoms with E-state index in [4.69, 9.17) is 10.5 Å². The van der Waals surface area contributed by atoms with E-state index in [1.165, 1.54) is 7.11 Å². The van der Waals surface area contributed by atoms with Crippen molar-refractivity contribution in [1.29, 1.82) is 0 Å². The number of ether oxygens (including phenoxy) is 1. The summed E-state index contributed by atoms with van der Waals surface area (Å²) in [6.07, 6.45) is 0. The summed E-state index contributed by atoms with van der Waals surface area (Å²) < 4.78 is 4.92. The van der Waals surface area contributed by atoms with Crippen LogP contribution >= 0.6 is 0 Å². The maximum Gasteiger partial charge on any atom is 0.315 e. The molecular weight excluding hydrogens is 280 g/mol. The van der Waals surface area contributed by atoms with Crippen molar-refractivity contribution in [3.05, 3.63) is 71.8 Å². The molecule has 5 nitrogen and oxygen atoms in total. The fourth-order valence-electron chi connectivity index (χ4n) is 2.42. The van der Waals surface area contributed by atoms with E-state index >= 15 is 0 Å². The van der Waals surface area contributed by atoms with Crippen LogP contribution < -0.4 is 11.1 Å². The number of nitrogens with two attached hydrogens (primary N) is 1. The highest BCUT2D eigenvalue weighted by Crippen LogP contribution is 2.32. The molecule has 22 heavy (non-hydrogen) atoms. The minimum Gasteiger partial charge on any atom is -0.468 e. The molecule has 0 fully saturated rings. The fraction of sp³-hybridized carbons (Fsp3) is 0.176. The first-order valence-electron chi connectivity index (χ1n) is 6.87. The zero-order chi connectivity index (χ0) is 15.9. The first-order chi connectivity index (χ1) is 10.6. The van der Waals surface area contributed by atoms with E-state index in [0.29, 0.717) is 0 Å². The number of carbonyl (C=O) groups is 2. The molecule has 2 rings (SSSR count). The topological polar surface area (TPSA) is 81.4 Å². The Bertz CT molecular complexity index is 629. The number of esters is 1. The second-order valence-corrected chi connectivity index (χ2v) is 4.81. The Morgan fingerprint density at radius 1 is 0.955 bits per heavy atom. The van der Waals surface area contributed by atoms with Crippen molar-refractivity contribution in [3.8, 4) is 0 Å². The SMILES string of the molecule is COC(=O)C(c1ccccc1)C(NC(N)=O)c1ccccc1. The van der Waals surface area contributed by atoms with Crippen molar-refractivity contribution in [2.45, 2.75) is 12.0 Å². The lowest BCUT2D eigenvalue weighted by Crippen LogP contribution is -2.39. The van der Waals surface area contributed by atoms with Crippen molar-refractivity contribution >= 4 is 12.0 Å². The average molecular weight is 298 g/mol. The Labute approximate surface area is 129 Å². The zero-order valence-electron chi connectivity index (χ0n) is 12.2. The molecule has 0 spiro atoms. The number of urea groups is 1. The largest absolute Gasteiger partial charge is 0.468 e. The summed E-state index contributed by atoms with van der Waals surface area (Å²) >= 11 is 0. The van der Waals surface area contributed by atoms with Gasteiger partial charge in [0.15, 0.2) is 0 Å². The van der Waals surface area contributed by atoms with E-state index in [9.17, 15) is 9.59 Å². The Hall–Kier alpha value is -2.82. The number of nitrogens with one attached hydrogen (secondary N) is 1. The van der Waals surface area contributed by atoms with Gasteiger partial charge < -0.3 is 15.8 Å². The Morgan fingerprint density at radius 3 is 1.91 bits per heavy atom. The molecule has 0 aliphatic heterocycles. The van der Waals surface area contributed by atoms with Crippen LogP contribution in [0.2, 0.25) is 0 Å². The Morgan fingerprint density at radius 2 is 1.45 bits per heavy atom. The predicted octanol–water partition coefficient (Wildman–Crippen LogP) is 2.35. The van der Waals surface area contributed by atoms with E-state index in [0.717, 1.165) is 11.1 Å². The smallest absolute Gasteiger partial charge is 0.315 e. The second-order valence-electron chi connectivity index (χ2n) is 4.81. The van der Waals surface area contributed by atoms with Crippen molar-refractivity contribution < 1.29 is 14.3 Å². The summed E-state index contributed by atoms with van der Waals surface area (Å²) in [5.74, 6) is -1.12. The molecule has 2 amide bonds. The van der Waals surface area contributed by atoms with E-state index in [1.807, 2.05) is 60.7 Å². The standard InChI is InChI=1S/C17H18N2O3/c1-22-16(20)14(12-8-4-2-5-9-12)15(19-17(18)21)13-10-6-3-7-11-13/h2-11,14-15H,1H3,(H3,18,19,21). The minimum atomic E-state index is -0.696. The van der Waals surface area contributed by atoms with Gasteiger partial charge in [-0.2, -0.15) is 0 Å². The summed E-state index contributed by atoms with van der Waals surface area (Å²) in [5.41, 5.74) is 6.81. The molecule has 0 aliphatic carbocycles. The van der Waals surface area contributed by atoms with Gasteiger partial charge in [-0.25, -0.2) is 4.79 Å². The Kier molecular flexibility index (Phi) is 5.14. The summed E-state index contributed by atoms with van der Waals surface area (Å²) in [4.78, 5) is 23.7. The van der Waals surface area contributed by atoms with Gasteiger partial charge in [-0.1, -0.05) is 60.7 Å². The van der Waals surface area contributed by atoms with Crippen molar-refractivity contribution in [2.24, 2.45) is 5.73 Å². The average Bonchev–Trinajstić information content (AvgIpc) is 2.55. The monoisotopic (exact) mass is 298 g/mol. The van der Waals surface area contributed by atoms with Crippen LogP contribution in [-0.4, -0.2) is 19.1 Å². The van der Waals surface area contributed by atoms with E-state index < -0.39 is 24.0 Å². The maximum atomic E-state index is 12.3. The molecule has 2 unspecified atom stereocenters. The van der Waals surface area contributed by atoms with Crippen LogP contribution in [0.25, 0.3) is 0 Å². The molecule has 2 atom stereocenters. The third-order valence-corrected chi connectivity index (χ3v) is 3.40. The zero-order valence-corrected chi connectivity index (χ0v) is 12.2. The highest BCUT2D eigenvalue weighted by molar-refractivity contribution is 5.81. The molecule has 0 saturated carbocycles. The Balaban J connectivity index is 2.48. The van der Waals surface area contributed by atoms with Gasteiger partial charge in [-0.15, -0.1) is 0 Å². The molecule has 0 heterocycles. The lowest BCUT2D eigenvalue weighted by atomic mass is 9.87. The van der Waals surface area contributed by atoms with Crippen LogP contribution in [0.1, 0.15) is 23.1 Å². The number of hydrogen-bond acceptors (Lipinski definition) is 3. The van der Waals surface area contributed by atoms with Crippen LogP contribution in [0.3, 0.4) is 0 Å². The molecule has 114 valence electrons. The summed E-state index contributed by atoms with van der Waals surface area (Å²) in [5, 5.41) is 2.65. The van der Waals surface area contributed by atoms with Gasteiger partial charge >= 0.3 is 12.0 Å². The number of methoxy groups -OCH3 is 1. The molecule has 0 aliphatic rings. The molecule has 0 aromatic heterocycles. The highest BCUT2D eigenvalue weighted by Gasteiger charge is 2.32. The van der Waals surface area contributed by atoms with Gasteiger partial charge in [0.05, 0.1) is 13.2 Å². The van der Waals surface area contributed by atoms with Gasteiger partial charge in [0, 0.05) is 0 Å². The molecule has 2 aromatic carbocycles. The van der Waals surface area contributed by atoms with Crippen LogP contribution in [0, 0.1) is 0 Å². The van der Waals surface area contributed by atoms with E-state index in [1.54, 1.807) is 0 Å². The number of primary amides is 1. The number of rotatable bonds is 5. The molecule has 2 aromatic rings. The van der Waals surface area contributed by atoms with E-state index in [2.05, 4.69) is 5.32 Å². The van der Waals surface area contributed by atoms with Crippen LogP contribution in [0.15, 0.2) is 60.7 Å². The molecular formula is C17H18N2O3. The highest BCUT2D eigenvalue weighted by atomic mass is 16.5. The van der Waals surface area contributed by atoms with E-state index in [-0.39, 0.29) is 0 Å². The fourth-order valence-corrected chi connectivity index (χ4v) is 2.42. The predicted molar refractivity (Wildman–Crippen MR) is 83.1 cm³/mol. The summed E-state index contributed by atoms with van der Waals surface area (Å²) in [6.45, 7) is 0. The molecule has 5 heteroatoms. The third kappa shape index (κ3) is 3.63. The number of amides is 2. The maximum absolute atomic E-state index is 12.3. The molecule has 0 saturated heterocycles. The normalized spacial score (nSPS) is 13.0. The number of hydrogen-bond donors (Lipinski definition) is 2. The van der Waals surface area contributed by atoms with Crippen molar-refractivity contribution in [2.75, 3.05) is 7.11 Å². The minimum absolute atomic E-state index is 0.436. The first kappa shape index (κ1) is 15.6. The van der Waals surface area contributed by atoms with Gasteiger partial charge in [-0.05, 0) is 11.1 Å². The van der Waals surface area contributed by atoms with Crippen molar-refractivity contribution in [3.63, 3.8) is 0 Å². The number of benzene rings is 2. The second kappa shape index (κ2) is 7.26. The van der Waals surface area contributed by atoms with Gasteiger partial charge in [0.2, 0.25) is 0 Å². The lowest BCUT2D eigenvalue weighted by Gasteiger charge is -2.26. The number of carbonyl (C=O) groups excluding carboxylic acids is 2. The molecule has 0 radical (unpaired) electrons. The van der Waals surface area contributed by atoms with Gasteiger partial charge in [0.1, 0.15) is 5.92 Å². The van der Waals surface area contributed by atoms with Crippen LogP contribution in [-0.2, 0) is 9.53 Å². The summed E-state index contributed by atoms with van der Waals surface area (Å²) in [6, 6.07) is 17.1. The lowest BCUT2D eigenvalue weighted by molar-refractivity contribution is -0.143. The molecule has 3 N–H and O–H groups in total. The third-order valence-electron chi connectivity index (χ3n) is 3.40.